The van der Waals surface area contributed by atoms with Gasteiger partial charge in [0.25, 0.3) is 15.9 Å². The number of nitrogens with zero attached hydrogens (tertiary/aromatic N) is 1. The van der Waals surface area contributed by atoms with Gasteiger partial charge in [-0.3, -0.25) is 19.3 Å². The van der Waals surface area contributed by atoms with Gasteiger partial charge in [-0.15, -0.1) is 0 Å². The molecule has 27 heavy (non-hydrogen) atoms. The number of sulfonamides is 1. The first-order chi connectivity index (χ1) is 12.9. The molecule has 1 aliphatic rings. The molecule has 2 aromatic rings. The second-order valence-electron chi connectivity index (χ2n) is 5.76. The van der Waals surface area contributed by atoms with Crippen molar-refractivity contribution in [2.75, 3.05) is 6.54 Å². The number of nitrogens with one attached hydrogen (secondary N) is 1. The molecule has 1 unspecified atom stereocenters. The van der Waals surface area contributed by atoms with E-state index in [9.17, 15) is 18.0 Å². The van der Waals surface area contributed by atoms with Crippen LogP contribution in [0.1, 0.15) is 23.7 Å². The van der Waals surface area contributed by atoms with Gasteiger partial charge >= 0.3 is 5.97 Å². The van der Waals surface area contributed by atoms with E-state index in [0.29, 0.717) is 11.1 Å². The fourth-order valence-electron chi connectivity index (χ4n) is 2.62. The van der Waals surface area contributed by atoms with Gasteiger partial charge in [0.2, 0.25) is 6.10 Å². The van der Waals surface area contributed by atoms with Crippen LogP contribution < -0.4 is 10.5 Å². The number of nitrogens with two attached hydrogens (primary N) is 1. The molecule has 0 bridgehead atoms. The largest absolute Gasteiger partial charge is 0.447 e. The second kappa shape index (κ2) is 7.58. The number of fused-ring (bicyclic) bond motifs is 1. The van der Waals surface area contributed by atoms with Gasteiger partial charge in [0.1, 0.15) is 5.84 Å². The van der Waals surface area contributed by atoms with Crippen molar-refractivity contribution < 1.29 is 22.7 Å². The minimum absolute atomic E-state index is 0.00864. The molecule has 0 spiro atoms. The lowest BCUT2D eigenvalue weighted by Crippen LogP contribution is -2.26. The minimum atomic E-state index is -3.63. The fourth-order valence-corrected chi connectivity index (χ4v) is 3.87. The number of hydrogen-bond donors (Lipinski definition) is 2. The van der Waals surface area contributed by atoms with E-state index in [1.54, 1.807) is 48.5 Å². The number of rotatable bonds is 6. The predicted octanol–water partition coefficient (Wildman–Crippen LogP) is 0.885. The van der Waals surface area contributed by atoms with Gasteiger partial charge in [0, 0.05) is 11.1 Å². The van der Waals surface area contributed by atoms with Crippen LogP contribution in [-0.4, -0.2) is 32.7 Å². The minimum Gasteiger partial charge on any atom is -0.447 e. The van der Waals surface area contributed by atoms with Crippen molar-refractivity contribution in [3.05, 3.63) is 65.7 Å². The van der Waals surface area contributed by atoms with E-state index in [2.05, 4.69) is 9.71 Å². The van der Waals surface area contributed by atoms with Gasteiger partial charge in [-0.25, -0.2) is 8.42 Å². The lowest BCUT2D eigenvalue weighted by Gasteiger charge is -2.14. The molecule has 0 aliphatic carbocycles. The summed E-state index contributed by atoms with van der Waals surface area (Å²) in [6.45, 7) is -0.00864. The summed E-state index contributed by atoms with van der Waals surface area (Å²) in [4.78, 5) is 27.9. The van der Waals surface area contributed by atoms with Gasteiger partial charge in [-0.1, -0.05) is 42.5 Å². The number of benzene rings is 2. The Balaban J connectivity index is 1.65. The van der Waals surface area contributed by atoms with Crippen LogP contribution in [0.4, 0.5) is 0 Å². The molecule has 0 fully saturated rings. The molecular formula is C18H17N3O5S. The second-order valence-corrected chi connectivity index (χ2v) is 7.42. The van der Waals surface area contributed by atoms with Crippen molar-refractivity contribution in [2.24, 2.45) is 10.7 Å². The van der Waals surface area contributed by atoms with E-state index in [4.69, 9.17) is 10.5 Å². The summed E-state index contributed by atoms with van der Waals surface area (Å²) in [7, 11) is -3.63. The van der Waals surface area contributed by atoms with Crippen molar-refractivity contribution in [3.8, 4) is 0 Å². The number of amidine groups is 1. The molecule has 0 radical (unpaired) electrons. The summed E-state index contributed by atoms with van der Waals surface area (Å²) in [5.74, 6) is -1.27. The Hall–Kier alpha value is -3.20. The van der Waals surface area contributed by atoms with Crippen LogP contribution in [0, 0.1) is 0 Å². The van der Waals surface area contributed by atoms with Crippen LogP contribution in [0.15, 0.2) is 64.5 Å². The Morgan fingerprint density at radius 1 is 1.07 bits per heavy atom. The lowest BCUT2D eigenvalue weighted by atomic mass is 10.1. The monoisotopic (exact) mass is 387 g/mol. The number of primary amides is 1. The van der Waals surface area contributed by atoms with E-state index in [-0.39, 0.29) is 23.7 Å². The number of carbonyl (C=O) groups excluding carboxylic acids is 2. The first kappa shape index (κ1) is 18.6. The van der Waals surface area contributed by atoms with Gasteiger partial charge in [0.15, 0.2) is 0 Å². The normalized spacial score (nSPS) is 17.0. The topological polar surface area (TPSA) is 128 Å². The van der Waals surface area contributed by atoms with Crippen LogP contribution in [-0.2, 0) is 24.3 Å². The average Bonchev–Trinajstić information content (AvgIpc) is 2.91. The molecule has 3 N–H and O–H groups in total. The molecule has 8 nitrogen and oxygen atoms in total. The van der Waals surface area contributed by atoms with Crippen molar-refractivity contribution in [3.63, 3.8) is 0 Å². The smallest absolute Gasteiger partial charge is 0.308 e. The van der Waals surface area contributed by atoms with Crippen molar-refractivity contribution in [1.29, 1.82) is 0 Å². The molecule has 3 rings (SSSR count). The summed E-state index contributed by atoms with van der Waals surface area (Å²) in [5.41, 5.74) is 6.23. The van der Waals surface area contributed by atoms with Crippen LogP contribution in [0.2, 0.25) is 0 Å². The van der Waals surface area contributed by atoms with Crippen LogP contribution in [0.3, 0.4) is 0 Å². The van der Waals surface area contributed by atoms with E-state index in [1.165, 1.54) is 6.07 Å². The number of hydrogen-bond acceptors (Lipinski definition) is 6. The predicted molar refractivity (Wildman–Crippen MR) is 97.3 cm³/mol. The molecule has 1 aliphatic heterocycles. The number of ether oxygens (including phenoxy) is 1. The zero-order valence-electron chi connectivity index (χ0n) is 14.2. The molecule has 1 atom stereocenters. The first-order valence-electron chi connectivity index (χ1n) is 8.09. The Morgan fingerprint density at radius 2 is 1.74 bits per heavy atom. The van der Waals surface area contributed by atoms with Crippen LogP contribution >= 0.6 is 0 Å². The number of amides is 1. The molecule has 140 valence electrons. The Morgan fingerprint density at radius 3 is 2.44 bits per heavy atom. The molecular weight excluding hydrogens is 370 g/mol. The summed E-state index contributed by atoms with van der Waals surface area (Å²) in [5, 5.41) is 0. The van der Waals surface area contributed by atoms with E-state index in [0.717, 1.165) is 0 Å². The van der Waals surface area contributed by atoms with Crippen LogP contribution in [0.25, 0.3) is 0 Å². The Labute approximate surface area is 156 Å². The average molecular weight is 387 g/mol. The van der Waals surface area contributed by atoms with E-state index >= 15 is 0 Å². The lowest BCUT2D eigenvalue weighted by molar-refractivity contribution is -0.155. The molecule has 0 aromatic heterocycles. The SMILES string of the molecule is NC(=O)C(OC(=O)CCN=C1NS(=O)(=O)c2ccccc21)c1ccccc1. The first-order valence-corrected chi connectivity index (χ1v) is 9.57. The van der Waals surface area contributed by atoms with Crippen molar-refractivity contribution in [2.45, 2.75) is 17.4 Å². The number of esters is 1. The van der Waals surface area contributed by atoms with E-state index in [1.807, 2.05) is 0 Å². The molecule has 1 amide bonds. The van der Waals surface area contributed by atoms with Gasteiger partial charge in [0.05, 0.1) is 17.9 Å². The third-order valence-electron chi connectivity index (χ3n) is 3.86. The molecule has 9 heteroatoms. The highest BCUT2D eigenvalue weighted by Gasteiger charge is 2.30. The molecule has 1 heterocycles. The molecule has 0 saturated heterocycles. The highest BCUT2D eigenvalue weighted by molar-refractivity contribution is 7.90. The summed E-state index contributed by atoms with van der Waals surface area (Å²) >= 11 is 0. The maximum absolute atomic E-state index is 12.0. The summed E-state index contributed by atoms with van der Waals surface area (Å²) in [6, 6.07) is 14.9. The Kier molecular flexibility index (Phi) is 5.22. The third-order valence-corrected chi connectivity index (χ3v) is 5.26. The zero-order chi connectivity index (χ0) is 19.4. The fraction of sp³-hybridized carbons (Fsp3) is 0.167. The summed E-state index contributed by atoms with van der Waals surface area (Å²) in [6.07, 6.45) is -1.32. The van der Waals surface area contributed by atoms with Gasteiger partial charge in [-0.05, 0) is 12.1 Å². The maximum Gasteiger partial charge on any atom is 0.308 e. The highest BCUT2D eigenvalue weighted by atomic mass is 32.2. The van der Waals surface area contributed by atoms with Gasteiger partial charge in [-0.2, -0.15) is 0 Å². The van der Waals surface area contributed by atoms with Gasteiger partial charge < -0.3 is 10.5 Å². The quantitative estimate of drug-likeness (QED) is 0.711. The molecule has 0 saturated carbocycles. The number of carbonyl (C=O) groups is 2. The number of aliphatic imine (C=N–C) groups is 1. The highest BCUT2D eigenvalue weighted by Crippen LogP contribution is 2.22. The van der Waals surface area contributed by atoms with E-state index < -0.39 is 28.0 Å². The van der Waals surface area contributed by atoms with Crippen LogP contribution in [0.5, 0.6) is 0 Å². The molecule has 2 aromatic carbocycles. The standard InChI is InChI=1S/C18H17N3O5S/c19-17(23)16(12-6-2-1-3-7-12)26-15(22)10-11-20-18-13-8-4-5-9-14(13)27(24,25)21-18/h1-9,16H,10-11H2,(H2,19,23)(H,20,21). The Bertz CT molecular complexity index is 1000. The van der Waals surface area contributed by atoms with Crippen molar-refractivity contribution in [1.82, 2.24) is 4.72 Å². The zero-order valence-corrected chi connectivity index (χ0v) is 15.0. The van der Waals surface area contributed by atoms with Crippen molar-refractivity contribution >= 4 is 27.7 Å². The maximum atomic E-state index is 12.0. The summed E-state index contributed by atoms with van der Waals surface area (Å²) < 4.78 is 31.5. The third kappa shape index (κ3) is 4.14.